The summed E-state index contributed by atoms with van der Waals surface area (Å²) < 4.78 is 13.1. The zero-order valence-electron chi connectivity index (χ0n) is 8.47. The van der Waals surface area contributed by atoms with Crippen LogP contribution in [0.2, 0.25) is 5.02 Å². The van der Waals surface area contributed by atoms with Gasteiger partial charge in [-0.3, -0.25) is 4.79 Å². The first kappa shape index (κ1) is 13.7. The normalized spacial score (nSPS) is 14.4. The van der Waals surface area contributed by atoms with Crippen molar-refractivity contribution in [2.45, 2.75) is 18.6 Å². The molecule has 4 N–H and O–H groups in total. The van der Waals surface area contributed by atoms with Gasteiger partial charge in [-0.05, 0) is 12.1 Å². The van der Waals surface area contributed by atoms with Gasteiger partial charge >= 0.3 is 5.97 Å². The van der Waals surface area contributed by atoms with Gasteiger partial charge in [0, 0.05) is 10.6 Å². The Morgan fingerprint density at radius 2 is 2.00 bits per heavy atom. The third-order valence-corrected chi connectivity index (χ3v) is 2.34. The van der Waals surface area contributed by atoms with Crippen molar-refractivity contribution in [3.8, 4) is 5.75 Å². The number of rotatable bonds is 4. The number of benzene rings is 1. The Labute approximate surface area is 101 Å². The van der Waals surface area contributed by atoms with Crippen LogP contribution in [0.4, 0.5) is 4.39 Å². The second-order valence-corrected chi connectivity index (χ2v) is 3.87. The molecule has 0 spiro atoms. The SMILES string of the molecule is O=C(O)CC(O)C(O)c1cc(Cl)cc(F)c1O. The lowest BCUT2D eigenvalue weighted by atomic mass is 10.0. The summed E-state index contributed by atoms with van der Waals surface area (Å²) in [5.41, 5.74) is -0.358. The molecule has 2 atom stereocenters. The fourth-order valence-corrected chi connectivity index (χ4v) is 1.52. The average molecular weight is 265 g/mol. The van der Waals surface area contributed by atoms with Crippen molar-refractivity contribution in [3.05, 3.63) is 28.5 Å². The minimum absolute atomic E-state index is 0.0862. The van der Waals surface area contributed by atoms with E-state index in [1.54, 1.807) is 0 Å². The lowest BCUT2D eigenvalue weighted by Gasteiger charge is -2.18. The third-order valence-electron chi connectivity index (χ3n) is 2.12. The molecular formula is C10H10ClFO5. The van der Waals surface area contributed by atoms with Crippen LogP contribution in [0.5, 0.6) is 5.75 Å². The molecule has 17 heavy (non-hydrogen) atoms. The summed E-state index contributed by atoms with van der Waals surface area (Å²) in [6.45, 7) is 0. The van der Waals surface area contributed by atoms with Crippen molar-refractivity contribution in [2.24, 2.45) is 0 Å². The molecule has 0 aliphatic carbocycles. The molecule has 1 rings (SSSR count). The molecule has 7 heteroatoms. The van der Waals surface area contributed by atoms with E-state index in [1.165, 1.54) is 0 Å². The van der Waals surface area contributed by atoms with Crippen molar-refractivity contribution >= 4 is 17.6 Å². The van der Waals surface area contributed by atoms with Gasteiger partial charge in [0.05, 0.1) is 12.5 Å². The Morgan fingerprint density at radius 3 is 2.53 bits per heavy atom. The van der Waals surface area contributed by atoms with E-state index >= 15 is 0 Å². The van der Waals surface area contributed by atoms with Gasteiger partial charge in [-0.2, -0.15) is 0 Å². The fraction of sp³-hybridized carbons (Fsp3) is 0.300. The van der Waals surface area contributed by atoms with E-state index in [-0.39, 0.29) is 10.6 Å². The minimum atomic E-state index is -1.74. The number of aliphatic hydroxyl groups excluding tert-OH is 2. The Morgan fingerprint density at radius 1 is 1.41 bits per heavy atom. The molecule has 0 heterocycles. The molecule has 0 fully saturated rings. The molecule has 0 aliphatic heterocycles. The topological polar surface area (TPSA) is 98.0 Å². The Kier molecular flexibility index (Phi) is 4.28. The highest BCUT2D eigenvalue weighted by atomic mass is 35.5. The van der Waals surface area contributed by atoms with Crippen LogP contribution in [0.15, 0.2) is 12.1 Å². The van der Waals surface area contributed by atoms with E-state index in [2.05, 4.69) is 0 Å². The number of aliphatic hydroxyl groups is 2. The van der Waals surface area contributed by atoms with Crippen LogP contribution >= 0.6 is 11.6 Å². The van der Waals surface area contributed by atoms with Crippen LogP contribution in [-0.4, -0.2) is 32.5 Å². The zero-order valence-corrected chi connectivity index (χ0v) is 9.23. The van der Waals surface area contributed by atoms with Crippen molar-refractivity contribution < 1.29 is 29.6 Å². The maximum absolute atomic E-state index is 13.1. The molecular weight excluding hydrogens is 255 g/mol. The van der Waals surface area contributed by atoms with Gasteiger partial charge in [-0.1, -0.05) is 11.6 Å². The molecule has 94 valence electrons. The molecule has 0 saturated carbocycles. The number of aliphatic carboxylic acids is 1. The van der Waals surface area contributed by atoms with Gasteiger partial charge in [0.15, 0.2) is 11.6 Å². The maximum Gasteiger partial charge on any atom is 0.306 e. The Hall–Kier alpha value is -1.37. The first-order chi connectivity index (χ1) is 7.82. The van der Waals surface area contributed by atoms with Gasteiger partial charge in [-0.25, -0.2) is 4.39 Å². The number of carboxylic acids is 1. The van der Waals surface area contributed by atoms with E-state index in [0.717, 1.165) is 12.1 Å². The number of halogens is 2. The molecule has 0 saturated heterocycles. The second kappa shape index (κ2) is 5.31. The number of aromatic hydroxyl groups is 1. The monoisotopic (exact) mass is 264 g/mol. The largest absolute Gasteiger partial charge is 0.505 e. The number of carboxylic acid groups (broad SMARTS) is 1. The summed E-state index contributed by atoms with van der Waals surface area (Å²) >= 11 is 5.52. The van der Waals surface area contributed by atoms with Gasteiger partial charge in [0.2, 0.25) is 0 Å². The van der Waals surface area contributed by atoms with Crippen LogP contribution in [0.3, 0.4) is 0 Å². The number of phenols is 1. The molecule has 2 unspecified atom stereocenters. The molecule has 0 aromatic heterocycles. The van der Waals surface area contributed by atoms with Crippen molar-refractivity contribution in [2.75, 3.05) is 0 Å². The quantitative estimate of drug-likeness (QED) is 0.652. The van der Waals surface area contributed by atoms with Crippen LogP contribution in [0.1, 0.15) is 18.1 Å². The van der Waals surface area contributed by atoms with Crippen LogP contribution < -0.4 is 0 Å². The van der Waals surface area contributed by atoms with Crippen LogP contribution in [0.25, 0.3) is 0 Å². The predicted octanol–water partition coefficient (Wildman–Crippen LogP) is 1.05. The summed E-state index contributed by atoms with van der Waals surface area (Å²) in [5.74, 6) is -3.26. The van der Waals surface area contributed by atoms with E-state index in [0.29, 0.717) is 0 Å². The summed E-state index contributed by atoms with van der Waals surface area (Å²) in [5, 5.41) is 36.6. The molecule has 0 bridgehead atoms. The number of hydrogen-bond donors (Lipinski definition) is 4. The Bertz CT molecular complexity index is 437. The average Bonchev–Trinajstić information content (AvgIpc) is 2.21. The molecule has 0 aliphatic rings. The number of phenolic OH excluding ortho intramolecular Hbond substituents is 1. The van der Waals surface area contributed by atoms with Gasteiger partial charge in [-0.15, -0.1) is 0 Å². The number of carbonyl (C=O) groups is 1. The van der Waals surface area contributed by atoms with Gasteiger partial charge in [0.1, 0.15) is 6.10 Å². The highest BCUT2D eigenvalue weighted by Crippen LogP contribution is 2.32. The Balaban J connectivity index is 3.03. The third kappa shape index (κ3) is 3.29. The minimum Gasteiger partial charge on any atom is -0.505 e. The summed E-state index contributed by atoms with van der Waals surface area (Å²) in [7, 11) is 0. The predicted molar refractivity (Wildman–Crippen MR) is 56.3 cm³/mol. The molecule has 1 aromatic rings. The first-order valence-electron chi connectivity index (χ1n) is 4.58. The molecule has 1 aromatic carbocycles. The highest BCUT2D eigenvalue weighted by molar-refractivity contribution is 6.30. The van der Waals surface area contributed by atoms with Crippen molar-refractivity contribution in [1.82, 2.24) is 0 Å². The van der Waals surface area contributed by atoms with Gasteiger partial charge < -0.3 is 20.4 Å². The standard InChI is InChI=1S/C10H10ClFO5/c11-4-1-5(9(16)6(12)2-4)10(17)7(13)3-8(14)15/h1-2,7,10,13,16-17H,3H2,(H,14,15). The second-order valence-electron chi connectivity index (χ2n) is 3.44. The fourth-order valence-electron chi connectivity index (χ4n) is 1.31. The van der Waals surface area contributed by atoms with Crippen LogP contribution in [-0.2, 0) is 4.79 Å². The van der Waals surface area contributed by atoms with E-state index in [4.69, 9.17) is 16.7 Å². The molecule has 0 radical (unpaired) electrons. The summed E-state index contributed by atoms with van der Waals surface area (Å²) in [6.07, 6.45) is -4.15. The van der Waals surface area contributed by atoms with Crippen LogP contribution in [0, 0.1) is 5.82 Å². The smallest absolute Gasteiger partial charge is 0.306 e. The van der Waals surface area contributed by atoms with E-state index in [9.17, 15) is 24.5 Å². The highest BCUT2D eigenvalue weighted by Gasteiger charge is 2.25. The molecule has 5 nitrogen and oxygen atoms in total. The lowest BCUT2D eigenvalue weighted by Crippen LogP contribution is -2.22. The van der Waals surface area contributed by atoms with E-state index < -0.39 is 36.2 Å². The molecule has 0 amide bonds. The maximum atomic E-state index is 13.1. The van der Waals surface area contributed by atoms with Crippen molar-refractivity contribution in [1.29, 1.82) is 0 Å². The zero-order chi connectivity index (χ0) is 13.2. The summed E-state index contributed by atoms with van der Waals surface area (Å²) in [4.78, 5) is 10.3. The summed E-state index contributed by atoms with van der Waals surface area (Å²) in [6, 6.07) is 1.88. The first-order valence-corrected chi connectivity index (χ1v) is 4.96. The van der Waals surface area contributed by atoms with Gasteiger partial charge in [0.25, 0.3) is 0 Å². The van der Waals surface area contributed by atoms with Crippen molar-refractivity contribution in [3.63, 3.8) is 0 Å². The van der Waals surface area contributed by atoms with E-state index in [1.807, 2.05) is 0 Å². The lowest BCUT2D eigenvalue weighted by molar-refractivity contribution is -0.141. The number of hydrogen-bond acceptors (Lipinski definition) is 4.